The minimum atomic E-state index is -0.0811. The van der Waals surface area contributed by atoms with Crippen LogP contribution in [0.15, 0.2) is 40.8 Å². The quantitative estimate of drug-likeness (QED) is 0.651. The van der Waals surface area contributed by atoms with Crippen LogP contribution in [-0.2, 0) is 11.3 Å². The molecule has 0 radical (unpaired) electrons. The molecular weight excluding hydrogens is 382 g/mol. The van der Waals surface area contributed by atoms with Crippen molar-refractivity contribution in [3.63, 3.8) is 0 Å². The van der Waals surface area contributed by atoms with Gasteiger partial charge in [-0.3, -0.25) is 14.2 Å². The van der Waals surface area contributed by atoms with Gasteiger partial charge in [0.25, 0.3) is 5.56 Å². The molecule has 5 nitrogen and oxygen atoms in total. The first-order valence-corrected chi connectivity index (χ1v) is 11.1. The molecule has 6 heteroatoms. The Balaban J connectivity index is 1.49. The number of aromatic nitrogens is 2. The first-order chi connectivity index (χ1) is 14.0. The predicted molar refractivity (Wildman–Crippen MR) is 118 cm³/mol. The molecule has 0 saturated heterocycles. The average Bonchev–Trinajstić information content (AvgIpc) is 3.34. The first-order valence-electron chi connectivity index (χ1n) is 10.3. The van der Waals surface area contributed by atoms with Gasteiger partial charge in [-0.25, -0.2) is 4.98 Å². The second-order valence-corrected chi connectivity index (χ2v) is 9.34. The topological polar surface area (TPSA) is 64.0 Å². The van der Waals surface area contributed by atoms with E-state index in [2.05, 4.69) is 17.2 Å². The van der Waals surface area contributed by atoms with Crippen molar-refractivity contribution < 1.29 is 4.79 Å². The van der Waals surface area contributed by atoms with Gasteiger partial charge in [0.15, 0.2) is 0 Å². The van der Waals surface area contributed by atoms with Gasteiger partial charge in [0, 0.05) is 30.5 Å². The summed E-state index contributed by atoms with van der Waals surface area (Å²) in [5.74, 6) is -0.00537. The number of hydrogen-bond donors (Lipinski definition) is 1. The second-order valence-electron chi connectivity index (χ2n) is 8.48. The highest BCUT2D eigenvalue weighted by Crippen LogP contribution is 2.36. The summed E-state index contributed by atoms with van der Waals surface area (Å²) in [6, 6.07) is 8.15. The molecule has 1 aromatic carbocycles. The Labute approximate surface area is 174 Å². The Morgan fingerprint density at radius 3 is 2.69 bits per heavy atom. The largest absolute Gasteiger partial charge is 0.355 e. The minimum Gasteiger partial charge on any atom is -0.355 e. The second kappa shape index (κ2) is 8.11. The van der Waals surface area contributed by atoms with E-state index in [4.69, 9.17) is 0 Å². The van der Waals surface area contributed by atoms with Crippen molar-refractivity contribution in [2.75, 3.05) is 6.54 Å². The highest BCUT2D eigenvalue weighted by Gasteiger charge is 2.28. The zero-order chi connectivity index (χ0) is 20.4. The molecule has 4 rings (SSSR count). The van der Waals surface area contributed by atoms with Crippen LogP contribution in [-0.4, -0.2) is 22.0 Å². The van der Waals surface area contributed by atoms with E-state index in [1.165, 1.54) is 42.6 Å². The monoisotopic (exact) mass is 409 g/mol. The van der Waals surface area contributed by atoms with Crippen LogP contribution >= 0.6 is 11.3 Å². The number of aryl methyl sites for hydroxylation is 2. The van der Waals surface area contributed by atoms with Gasteiger partial charge in [0.1, 0.15) is 4.83 Å². The fourth-order valence-corrected chi connectivity index (χ4v) is 5.01. The van der Waals surface area contributed by atoms with E-state index in [1.54, 1.807) is 10.9 Å². The van der Waals surface area contributed by atoms with Gasteiger partial charge in [-0.1, -0.05) is 49.6 Å². The number of thiophene rings is 1. The summed E-state index contributed by atoms with van der Waals surface area (Å²) >= 11 is 1.48. The maximum atomic E-state index is 13.1. The van der Waals surface area contributed by atoms with Crippen molar-refractivity contribution in [3.05, 3.63) is 51.9 Å². The summed E-state index contributed by atoms with van der Waals surface area (Å²) in [6.45, 7) is 5.35. The Hall–Kier alpha value is -2.47. The third-order valence-electron chi connectivity index (χ3n) is 6.03. The molecule has 0 atom stereocenters. The summed E-state index contributed by atoms with van der Waals surface area (Å²) < 4.78 is 1.56. The maximum Gasteiger partial charge on any atom is 0.262 e. The zero-order valence-corrected chi connectivity index (χ0v) is 17.8. The highest BCUT2D eigenvalue weighted by molar-refractivity contribution is 7.17. The van der Waals surface area contributed by atoms with Crippen molar-refractivity contribution >= 4 is 27.5 Å². The number of carbonyl (C=O) groups is 1. The standard InChI is InChI=1S/C23H27N3O2S/c1-16-5-7-17(8-6-16)18-13-29-21-20(18)22(28)26(15-25-21)12-9-19(27)24-14-23(2)10-3-4-11-23/h5-8,13,15H,3-4,9-12,14H2,1-2H3,(H,24,27). The Morgan fingerprint density at radius 2 is 1.97 bits per heavy atom. The smallest absolute Gasteiger partial charge is 0.262 e. The lowest BCUT2D eigenvalue weighted by Crippen LogP contribution is -2.35. The van der Waals surface area contributed by atoms with E-state index in [0.29, 0.717) is 11.9 Å². The number of rotatable bonds is 6. The average molecular weight is 410 g/mol. The summed E-state index contributed by atoms with van der Waals surface area (Å²) in [6.07, 6.45) is 6.69. The van der Waals surface area contributed by atoms with Crippen LogP contribution in [0.2, 0.25) is 0 Å². The molecule has 0 bridgehead atoms. The van der Waals surface area contributed by atoms with Crippen molar-refractivity contribution in [3.8, 4) is 11.1 Å². The molecule has 1 N–H and O–H groups in total. The van der Waals surface area contributed by atoms with Crippen LogP contribution in [0.5, 0.6) is 0 Å². The zero-order valence-electron chi connectivity index (χ0n) is 17.0. The van der Waals surface area contributed by atoms with Crippen molar-refractivity contribution in [1.82, 2.24) is 14.9 Å². The predicted octanol–water partition coefficient (Wildman–Crippen LogP) is 4.52. The minimum absolute atomic E-state index is 0.00537. The fraction of sp³-hybridized carbons (Fsp3) is 0.435. The third-order valence-corrected chi connectivity index (χ3v) is 6.91. The van der Waals surface area contributed by atoms with E-state index >= 15 is 0 Å². The van der Waals surface area contributed by atoms with Gasteiger partial charge in [-0.2, -0.15) is 0 Å². The van der Waals surface area contributed by atoms with Crippen molar-refractivity contribution in [2.45, 2.75) is 52.5 Å². The fourth-order valence-electron chi connectivity index (χ4n) is 4.10. The first kappa shape index (κ1) is 19.8. The normalized spacial score (nSPS) is 15.7. The third kappa shape index (κ3) is 4.27. The molecule has 0 spiro atoms. The van der Waals surface area contributed by atoms with E-state index in [1.807, 2.05) is 36.6 Å². The van der Waals surface area contributed by atoms with Gasteiger partial charge >= 0.3 is 0 Å². The van der Waals surface area contributed by atoms with E-state index in [-0.39, 0.29) is 23.3 Å². The molecule has 0 unspecified atom stereocenters. The Morgan fingerprint density at radius 1 is 1.24 bits per heavy atom. The molecular formula is C23H27N3O2S. The van der Waals surface area contributed by atoms with Crippen LogP contribution in [0.25, 0.3) is 21.3 Å². The number of benzene rings is 1. The molecule has 1 aliphatic carbocycles. The molecule has 3 aromatic rings. The van der Waals surface area contributed by atoms with Crippen LogP contribution in [0, 0.1) is 12.3 Å². The van der Waals surface area contributed by atoms with Crippen LogP contribution in [0.1, 0.15) is 44.6 Å². The van der Waals surface area contributed by atoms with E-state index in [9.17, 15) is 9.59 Å². The van der Waals surface area contributed by atoms with Crippen LogP contribution < -0.4 is 10.9 Å². The van der Waals surface area contributed by atoms with E-state index < -0.39 is 0 Å². The summed E-state index contributed by atoms with van der Waals surface area (Å²) in [5, 5.41) is 5.69. The molecule has 2 aromatic heterocycles. The van der Waals surface area contributed by atoms with Gasteiger partial charge in [0.2, 0.25) is 5.91 Å². The molecule has 1 aliphatic rings. The molecule has 1 saturated carbocycles. The molecule has 1 fully saturated rings. The van der Waals surface area contributed by atoms with Gasteiger partial charge in [0.05, 0.1) is 11.7 Å². The van der Waals surface area contributed by atoms with Gasteiger partial charge < -0.3 is 5.32 Å². The Kier molecular flexibility index (Phi) is 5.54. The summed E-state index contributed by atoms with van der Waals surface area (Å²) in [5.41, 5.74) is 3.26. The van der Waals surface area contributed by atoms with Crippen molar-refractivity contribution in [2.24, 2.45) is 5.41 Å². The molecule has 29 heavy (non-hydrogen) atoms. The molecule has 1 amide bonds. The summed E-state index contributed by atoms with van der Waals surface area (Å²) in [4.78, 5) is 30.6. The Bertz CT molecular complexity index is 1080. The lowest BCUT2D eigenvalue weighted by atomic mass is 9.89. The molecule has 152 valence electrons. The number of nitrogens with one attached hydrogen (secondary N) is 1. The molecule has 2 heterocycles. The lowest BCUT2D eigenvalue weighted by Gasteiger charge is -2.23. The SMILES string of the molecule is Cc1ccc(-c2csc3ncn(CCC(=O)NCC4(C)CCCC4)c(=O)c23)cc1. The van der Waals surface area contributed by atoms with Crippen LogP contribution in [0.3, 0.4) is 0 Å². The molecule has 0 aliphatic heterocycles. The number of hydrogen-bond acceptors (Lipinski definition) is 4. The van der Waals surface area contributed by atoms with E-state index in [0.717, 1.165) is 22.5 Å². The lowest BCUT2D eigenvalue weighted by molar-refractivity contribution is -0.121. The number of carbonyl (C=O) groups excluding carboxylic acids is 1. The maximum absolute atomic E-state index is 13.1. The van der Waals surface area contributed by atoms with Gasteiger partial charge in [-0.05, 0) is 30.7 Å². The number of nitrogens with zero attached hydrogens (tertiary/aromatic N) is 2. The number of amides is 1. The number of fused-ring (bicyclic) bond motifs is 1. The van der Waals surface area contributed by atoms with Crippen LogP contribution in [0.4, 0.5) is 0 Å². The summed E-state index contributed by atoms with van der Waals surface area (Å²) in [7, 11) is 0. The van der Waals surface area contributed by atoms with Gasteiger partial charge in [-0.15, -0.1) is 11.3 Å². The van der Waals surface area contributed by atoms with Crippen molar-refractivity contribution in [1.29, 1.82) is 0 Å². The highest BCUT2D eigenvalue weighted by atomic mass is 32.1.